The van der Waals surface area contributed by atoms with Crippen LogP contribution >= 0.6 is 12.2 Å². The van der Waals surface area contributed by atoms with Gasteiger partial charge in [-0.3, -0.25) is 0 Å². The van der Waals surface area contributed by atoms with Crippen LogP contribution in [0, 0.1) is 0 Å². The second-order valence-corrected chi connectivity index (χ2v) is 6.24. The third-order valence-corrected chi connectivity index (χ3v) is 3.70. The molecule has 0 spiro atoms. The van der Waals surface area contributed by atoms with Crippen LogP contribution in [-0.2, 0) is 10.0 Å². The van der Waals surface area contributed by atoms with E-state index in [1.54, 1.807) is 0 Å². The SMILES string of the molecule is NS(=O)(=O)CCCNC(=S)NC1CCCC1. The predicted molar refractivity (Wildman–Crippen MR) is 68.6 cm³/mol. The zero-order chi connectivity index (χ0) is 12.0. The van der Waals surface area contributed by atoms with Gasteiger partial charge in [0, 0.05) is 12.6 Å². The van der Waals surface area contributed by atoms with E-state index in [0.717, 1.165) is 0 Å². The highest BCUT2D eigenvalue weighted by Gasteiger charge is 2.15. The van der Waals surface area contributed by atoms with Crippen LogP contribution in [0.25, 0.3) is 0 Å². The summed E-state index contributed by atoms with van der Waals surface area (Å²) in [5, 5.41) is 11.7. The molecule has 94 valence electrons. The number of hydrogen-bond acceptors (Lipinski definition) is 3. The molecule has 0 aromatic carbocycles. The monoisotopic (exact) mass is 265 g/mol. The highest BCUT2D eigenvalue weighted by molar-refractivity contribution is 7.89. The largest absolute Gasteiger partial charge is 0.363 e. The molecule has 5 nitrogen and oxygen atoms in total. The molecular formula is C9H19N3O2S2. The van der Waals surface area contributed by atoms with Crippen molar-refractivity contribution >= 4 is 27.4 Å². The minimum Gasteiger partial charge on any atom is -0.363 e. The highest BCUT2D eigenvalue weighted by Crippen LogP contribution is 2.17. The van der Waals surface area contributed by atoms with E-state index in [4.69, 9.17) is 17.4 Å². The van der Waals surface area contributed by atoms with Crippen LogP contribution < -0.4 is 15.8 Å². The Balaban J connectivity index is 2.06. The van der Waals surface area contributed by atoms with Crippen molar-refractivity contribution in [1.82, 2.24) is 10.6 Å². The number of thiocarbonyl (C=S) groups is 1. The Kier molecular flexibility index (Phi) is 5.43. The molecule has 1 fully saturated rings. The highest BCUT2D eigenvalue weighted by atomic mass is 32.2. The predicted octanol–water partition coefficient (Wildman–Crippen LogP) is 0.0717. The zero-order valence-electron chi connectivity index (χ0n) is 9.24. The fraction of sp³-hybridized carbons (Fsp3) is 0.889. The summed E-state index contributed by atoms with van der Waals surface area (Å²) < 4.78 is 21.3. The average Bonchev–Trinajstić information content (AvgIpc) is 2.63. The summed E-state index contributed by atoms with van der Waals surface area (Å²) in [4.78, 5) is 0. The maximum atomic E-state index is 10.7. The normalized spacial score (nSPS) is 17.3. The molecule has 0 amide bonds. The van der Waals surface area contributed by atoms with Crippen molar-refractivity contribution in [1.29, 1.82) is 0 Å². The van der Waals surface area contributed by atoms with E-state index in [0.29, 0.717) is 24.1 Å². The van der Waals surface area contributed by atoms with Gasteiger partial charge in [-0.05, 0) is 31.5 Å². The van der Waals surface area contributed by atoms with Crippen molar-refractivity contribution < 1.29 is 8.42 Å². The maximum Gasteiger partial charge on any atom is 0.209 e. The maximum absolute atomic E-state index is 10.7. The Labute approximate surface area is 102 Å². The molecule has 0 aliphatic heterocycles. The zero-order valence-corrected chi connectivity index (χ0v) is 10.9. The standard InChI is InChI=1S/C9H19N3O2S2/c10-16(13,14)7-3-6-11-9(15)12-8-4-1-2-5-8/h8H,1-7H2,(H2,10,13,14)(H2,11,12,15). The van der Waals surface area contributed by atoms with Crippen molar-refractivity contribution in [3.8, 4) is 0 Å². The molecule has 0 aromatic heterocycles. The Morgan fingerprint density at radius 2 is 2.00 bits per heavy atom. The van der Waals surface area contributed by atoms with Gasteiger partial charge in [0.25, 0.3) is 0 Å². The van der Waals surface area contributed by atoms with E-state index < -0.39 is 10.0 Å². The van der Waals surface area contributed by atoms with Crippen molar-refractivity contribution in [2.75, 3.05) is 12.3 Å². The smallest absolute Gasteiger partial charge is 0.209 e. The van der Waals surface area contributed by atoms with Crippen molar-refractivity contribution in [3.05, 3.63) is 0 Å². The lowest BCUT2D eigenvalue weighted by Gasteiger charge is -2.15. The Bertz CT molecular complexity index is 324. The van der Waals surface area contributed by atoms with E-state index in [2.05, 4.69) is 10.6 Å². The number of hydrogen-bond donors (Lipinski definition) is 3. The lowest BCUT2D eigenvalue weighted by molar-refractivity contribution is 0.593. The molecule has 4 N–H and O–H groups in total. The quantitative estimate of drug-likeness (QED) is 0.484. The fourth-order valence-electron chi connectivity index (χ4n) is 1.78. The minimum atomic E-state index is -3.35. The van der Waals surface area contributed by atoms with Gasteiger partial charge in [-0.15, -0.1) is 0 Å². The lowest BCUT2D eigenvalue weighted by atomic mass is 10.3. The summed E-state index contributed by atoms with van der Waals surface area (Å²) in [5.74, 6) is -0.00789. The molecule has 0 heterocycles. The Hall–Kier alpha value is -0.400. The first-order valence-corrected chi connectivity index (χ1v) is 7.64. The van der Waals surface area contributed by atoms with Crippen LogP contribution in [-0.4, -0.2) is 31.9 Å². The number of nitrogens with two attached hydrogens (primary N) is 1. The first kappa shape index (κ1) is 13.7. The van der Waals surface area contributed by atoms with Crippen LogP contribution in [0.15, 0.2) is 0 Å². The Morgan fingerprint density at radius 3 is 2.56 bits per heavy atom. The number of primary sulfonamides is 1. The molecule has 1 saturated carbocycles. The molecule has 0 atom stereocenters. The second kappa shape index (κ2) is 6.36. The molecule has 0 radical (unpaired) electrons. The molecule has 1 rings (SSSR count). The third kappa shape index (κ3) is 6.24. The van der Waals surface area contributed by atoms with Gasteiger partial charge in [0.2, 0.25) is 10.0 Å². The third-order valence-electron chi connectivity index (χ3n) is 2.58. The summed E-state index contributed by atoms with van der Waals surface area (Å²) in [6, 6.07) is 0.484. The molecule has 0 unspecified atom stereocenters. The molecule has 0 bridgehead atoms. The van der Waals surface area contributed by atoms with Crippen LogP contribution in [0.4, 0.5) is 0 Å². The van der Waals surface area contributed by atoms with Crippen LogP contribution in [0.2, 0.25) is 0 Å². The number of nitrogens with one attached hydrogen (secondary N) is 2. The van der Waals surface area contributed by atoms with Crippen LogP contribution in [0.1, 0.15) is 32.1 Å². The van der Waals surface area contributed by atoms with Gasteiger partial charge in [0.1, 0.15) is 0 Å². The fourth-order valence-corrected chi connectivity index (χ4v) is 2.60. The van der Waals surface area contributed by atoms with E-state index in [-0.39, 0.29) is 5.75 Å². The van der Waals surface area contributed by atoms with Crippen LogP contribution in [0.3, 0.4) is 0 Å². The van der Waals surface area contributed by atoms with Gasteiger partial charge in [-0.2, -0.15) is 0 Å². The number of sulfonamides is 1. The van der Waals surface area contributed by atoms with Crippen molar-refractivity contribution in [2.24, 2.45) is 5.14 Å². The van der Waals surface area contributed by atoms with Gasteiger partial charge in [0.15, 0.2) is 5.11 Å². The van der Waals surface area contributed by atoms with E-state index in [1.165, 1.54) is 25.7 Å². The summed E-state index contributed by atoms with van der Waals surface area (Å²) in [5.41, 5.74) is 0. The first-order valence-electron chi connectivity index (χ1n) is 5.52. The van der Waals surface area contributed by atoms with Crippen molar-refractivity contribution in [3.63, 3.8) is 0 Å². The first-order chi connectivity index (χ1) is 7.47. The average molecular weight is 265 g/mol. The second-order valence-electron chi connectivity index (χ2n) is 4.10. The summed E-state index contributed by atoms with van der Waals surface area (Å²) >= 11 is 5.09. The van der Waals surface area contributed by atoms with E-state index in [9.17, 15) is 8.42 Å². The molecule has 16 heavy (non-hydrogen) atoms. The van der Waals surface area contributed by atoms with E-state index in [1.807, 2.05) is 0 Å². The topological polar surface area (TPSA) is 84.2 Å². The van der Waals surface area contributed by atoms with E-state index >= 15 is 0 Å². The summed E-state index contributed by atoms with van der Waals surface area (Å²) in [6.07, 6.45) is 5.32. The van der Waals surface area contributed by atoms with Gasteiger partial charge < -0.3 is 10.6 Å². The molecule has 7 heteroatoms. The molecular weight excluding hydrogens is 246 g/mol. The van der Waals surface area contributed by atoms with Gasteiger partial charge in [-0.25, -0.2) is 13.6 Å². The van der Waals surface area contributed by atoms with Gasteiger partial charge in [-0.1, -0.05) is 12.8 Å². The van der Waals surface area contributed by atoms with Gasteiger partial charge >= 0.3 is 0 Å². The molecule has 0 aromatic rings. The Morgan fingerprint density at radius 1 is 1.38 bits per heavy atom. The summed E-state index contributed by atoms with van der Waals surface area (Å²) in [6.45, 7) is 0.537. The molecule has 0 saturated heterocycles. The molecule has 1 aliphatic carbocycles. The van der Waals surface area contributed by atoms with Gasteiger partial charge in [0.05, 0.1) is 5.75 Å². The molecule has 1 aliphatic rings. The minimum absolute atomic E-state index is 0.00789. The van der Waals surface area contributed by atoms with Crippen molar-refractivity contribution in [2.45, 2.75) is 38.1 Å². The number of rotatable bonds is 5. The lowest BCUT2D eigenvalue weighted by Crippen LogP contribution is -2.41. The van der Waals surface area contributed by atoms with Crippen LogP contribution in [0.5, 0.6) is 0 Å². The summed E-state index contributed by atoms with van der Waals surface area (Å²) in [7, 11) is -3.35.